The largest absolute Gasteiger partial charge is 0.497 e. The molecule has 2 rings (SSSR count). The van der Waals surface area contributed by atoms with Crippen molar-refractivity contribution in [2.24, 2.45) is 0 Å². The fourth-order valence-corrected chi connectivity index (χ4v) is 1.80. The Labute approximate surface area is 125 Å². The summed E-state index contributed by atoms with van der Waals surface area (Å²) in [5.74, 6) is 3.25. The van der Waals surface area contributed by atoms with E-state index in [0.717, 1.165) is 29.4 Å². The molecular formula is C17H20O4. The summed E-state index contributed by atoms with van der Waals surface area (Å²) < 4.78 is 21.5. The van der Waals surface area contributed by atoms with E-state index in [1.165, 1.54) is 0 Å². The van der Waals surface area contributed by atoms with Crippen molar-refractivity contribution in [3.63, 3.8) is 0 Å². The first-order chi connectivity index (χ1) is 10.3. The second-order valence-electron chi connectivity index (χ2n) is 4.40. The maximum Gasteiger partial charge on any atom is 0.122 e. The molecule has 0 aliphatic heterocycles. The molecule has 0 atom stereocenters. The molecule has 0 heterocycles. The summed E-state index contributed by atoms with van der Waals surface area (Å²) in [5.41, 5.74) is 0. The summed E-state index contributed by atoms with van der Waals surface area (Å²) in [4.78, 5) is 0. The normalized spacial score (nSPS) is 10.0. The lowest BCUT2D eigenvalue weighted by Crippen LogP contribution is -2.05. The lowest BCUT2D eigenvalue weighted by atomic mass is 10.3. The number of ether oxygens (including phenoxy) is 4. The zero-order valence-electron chi connectivity index (χ0n) is 12.4. The molecule has 21 heavy (non-hydrogen) atoms. The molecule has 0 aliphatic carbocycles. The summed E-state index contributed by atoms with van der Waals surface area (Å²) in [6, 6.07) is 15.1. The number of hydrogen-bond acceptors (Lipinski definition) is 4. The molecule has 0 fully saturated rings. The van der Waals surface area contributed by atoms with Gasteiger partial charge in [-0.3, -0.25) is 0 Å². The van der Waals surface area contributed by atoms with Crippen molar-refractivity contribution >= 4 is 0 Å². The van der Waals surface area contributed by atoms with Gasteiger partial charge in [-0.25, -0.2) is 0 Å². The molecule has 0 saturated heterocycles. The van der Waals surface area contributed by atoms with Crippen molar-refractivity contribution in [2.75, 3.05) is 27.4 Å². The molecule has 0 aromatic heterocycles. The highest BCUT2D eigenvalue weighted by molar-refractivity contribution is 5.33. The molecule has 0 N–H and O–H groups in total. The smallest absolute Gasteiger partial charge is 0.122 e. The topological polar surface area (TPSA) is 36.9 Å². The van der Waals surface area contributed by atoms with Gasteiger partial charge in [0.05, 0.1) is 27.4 Å². The molecule has 2 aromatic rings. The fraction of sp³-hybridized carbons (Fsp3) is 0.294. The third-order valence-electron chi connectivity index (χ3n) is 2.93. The Morgan fingerprint density at radius 3 is 1.90 bits per heavy atom. The highest BCUT2D eigenvalue weighted by Gasteiger charge is 1.98. The predicted octanol–water partition coefficient (Wildman–Crippen LogP) is 3.55. The van der Waals surface area contributed by atoms with Crippen LogP contribution in [0.5, 0.6) is 23.0 Å². The van der Waals surface area contributed by atoms with Crippen molar-refractivity contribution in [3.05, 3.63) is 48.5 Å². The number of methoxy groups -OCH3 is 2. The molecule has 0 bridgehead atoms. The molecule has 4 nitrogen and oxygen atoms in total. The maximum absolute atomic E-state index is 5.64. The number of hydrogen-bond donors (Lipinski definition) is 0. The van der Waals surface area contributed by atoms with Crippen LogP contribution in [0.25, 0.3) is 0 Å². The van der Waals surface area contributed by atoms with E-state index in [0.29, 0.717) is 13.2 Å². The second kappa shape index (κ2) is 8.04. The van der Waals surface area contributed by atoms with Crippen molar-refractivity contribution in [2.45, 2.75) is 6.42 Å². The molecule has 0 radical (unpaired) electrons. The first kappa shape index (κ1) is 15.0. The fourth-order valence-electron chi connectivity index (χ4n) is 1.80. The van der Waals surface area contributed by atoms with E-state index in [4.69, 9.17) is 18.9 Å². The van der Waals surface area contributed by atoms with Crippen LogP contribution in [0.4, 0.5) is 0 Å². The van der Waals surface area contributed by atoms with Gasteiger partial charge in [-0.2, -0.15) is 0 Å². The molecule has 0 saturated carbocycles. The minimum Gasteiger partial charge on any atom is -0.497 e. The van der Waals surface area contributed by atoms with Crippen LogP contribution in [0.3, 0.4) is 0 Å². The molecule has 0 aliphatic rings. The van der Waals surface area contributed by atoms with Crippen molar-refractivity contribution in [1.82, 2.24) is 0 Å². The van der Waals surface area contributed by atoms with Gasteiger partial charge in [0.1, 0.15) is 23.0 Å². The Balaban J connectivity index is 1.67. The standard InChI is InChI=1S/C17H20O4/c1-18-14-7-9-15(10-8-14)20-11-4-12-21-17-6-3-5-16(13-17)19-2/h3,5-10,13H,4,11-12H2,1-2H3. The van der Waals surface area contributed by atoms with Crippen LogP contribution in [-0.2, 0) is 0 Å². The first-order valence-corrected chi connectivity index (χ1v) is 6.85. The van der Waals surface area contributed by atoms with Gasteiger partial charge in [-0.15, -0.1) is 0 Å². The van der Waals surface area contributed by atoms with Gasteiger partial charge in [-0.05, 0) is 36.4 Å². The Hall–Kier alpha value is -2.36. The van der Waals surface area contributed by atoms with Gasteiger partial charge in [0.15, 0.2) is 0 Å². The zero-order valence-corrected chi connectivity index (χ0v) is 12.4. The van der Waals surface area contributed by atoms with Crippen molar-refractivity contribution in [3.8, 4) is 23.0 Å². The number of rotatable bonds is 8. The SMILES string of the molecule is COc1ccc(OCCCOc2cccc(OC)c2)cc1. The average molecular weight is 288 g/mol. The first-order valence-electron chi connectivity index (χ1n) is 6.85. The van der Waals surface area contributed by atoms with Crippen LogP contribution in [0.1, 0.15) is 6.42 Å². The Morgan fingerprint density at radius 2 is 1.24 bits per heavy atom. The van der Waals surface area contributed by atoms with E-state index in [1.54, 1.807) is 14.2 Å². The van der Waals surface area contributed by atoms with Gasteiger partial charge in [0, 0.05) is 12.5 Å². The molecule has 112 valence electrons. The third kappa shape index (κ3) is 4.91. The van der Waals surface area contributed by atoms with E-state index < -0.39 is 0 Å². The molecule has 0 spiro atoms. The van der Waals surface area contributed by atoms with E-state index in [2.05, 4.69) is 0 Å². The molecule has 0 amide bonds. The molecule has 2 aromatic carbocycles. The van der Waals surface area contributed by atoms with E-state index in [-0.39, 0.29) is 0 Å². The van der Waals surface area contributed by atoms with E-state index >= 15 is 0 Å². The minimum absolute atomic E-state index is 0.601. The van der Waals surface area contributed by atoms with Gasteiger partial charge in [0.25, 0.3) is 0 Å². The van der Waals surface area contributed by atoms with Crippen molar-refractivity contribution in [1.29, 1.82) is 0 Å². The highest BCUT2D eigenvalue weighted by atomic mass is 16.5. The van der Waals surface area contributed by atoms with Gasteiger partial charge in [-0.1, -0.05) is 6.07 Å². The predicted molar refractivity (Wildman–Crippen MR) is 81.6 cm³/mol. The van der Waals surface area contributed by atoms with Gasteiger partial charge in [0.2, 0.25) is 0 Å². The molecular weight excluding hydrogens is 268 g/mol. The Morgan fingerprint density at radius 1 is 0.667 bits per heavy atom. The third-order valence-corrected chi connectivity index (χ3v) is 2.93. The lowest BCUT2D eigenvalue weighted by molar-refractivity contribution is 0.246. The van der Waals surface area contributed by atoms with Crippen LogP contribution >= 0.6 is 0 Å². The summed E-state index contributed by atoms with van der Waals surface area (Å²) >= 11 is 0. The lowest BCUT2D eigenvalue weighted by Gasteiger charge is -2.09. The van der Waals surface area contributed by atoms with Crippen LogP contribution in [0, 0.1) is 0 Å². The minimum atomic E-state index is 0.601. The molecule has 4 heteroatoms. The van der Waals surface area contributed by atoms with Gasteiger partial charge < -0.3 is 18.9 Å². The van der Waals surface area contributed by atoms with Crippen LogP contribution < -0.4 is 18.9 Å². The summed E-state index contributed by atoms with van der Waals surface area (Å²) in [5, 5.41) is 0. The molecule has 0 unspecified atom stereocenters. The zero-order chi connectivity index (χ0) is 14.9. The Kier molecular flexibility index (Phi) is 5.76. The Bertz CT molecular complexity index is 537. The van der Waals surface area contributed by atoms with E-state index in [9.17, 15) is 0 Å². The van der Waals surface area contributed by atoms with Gasteiger partial charge >= 0.3 is 0 Å². The number of benzene rings is 2. The quantitative estimate of drug-likeness (QED) is 0.696. The van der Waals surface area contributed by atoms with Crippen LogP contribution in [0.2, 0.25) is 0 Å². The summed E-state index contributed by atoms with van der Waals surface area (Å²) in [6.07, 6.45) is 0.809. The summed E-state index contributed by atoms with van der Waals surface area (Å²) in [6.45, 7) is 1.21. The summed E-state index contributed by atoms with van der Waals surface area (Å²) in [7, 11) is 3.29. The average Bonchev–Trinajstić information content (AvgIpc) is 2.55. The highest BCUT2D eigenvalue weighted by Crippen LogP contribution is 2.19. The van der Waals surface area contributed by atoms with Crippen molar-refractivity contribution < 1.29 is 18.9 Å². The monoisotopic (exact) mass is 288 g/mol. The van der Waals surface area contributed by atoms with Crippen LogP contribution in [0.15, 0.2) is 48.5 Å². The second-order valence-corrected chi connectivity index (χ2v) is 4.40. The van der Waals surface area contributed by atoms with E-state index in [1.807, 2.05) is 48.5 Å². The maximum atomic E-state index is 5.64. The van der Waals surface area contributed by atoms with Crippen LogP contribution in [-0.4, -0.2) is 27.4 Å².